The Kier molecular flexibility index (Phi) is 6.75. The third kappa shape index (κ3) is 4.61. The fraction of sp³-hybridized carbons (Fsp3) is 0. The maximum atomic E-state index is 2.44. The average Bonchev–Trinajstić information content (AvgIpc) is 3.75. The topological polar surface area (TPSA) is 4.93 Å². The lowest BCUT2D eigenvalue weighted by Gasteiger charge is -2.13. The molecule has 234 valence electrons. The normalized spacial score (nSPS) is 11.6. The molecule has 0 spiro atoms. The Morgan fingerprint density at radius 2 is 0.900 bits per heavy atom. The smallest absolute Gasteiger partial charge is 0.0619 e. The van der Waals surface area contributed by atoms with E-state index in [4.69, 9.17) is 0 Å². The Morgan fingerprint density at radius 1 is 0.360 bits per heavy atom. The van der Waals surface area contributed by atoms with Crippen LogP contribution >= 0.6 is 11.3 Å². The quantitative estimate of drug-likeness (QED) is 0.174. The molecule has 0 aliphatic carbocycles. The predicted molar refractivity (Wildman–Crippen MR) is 215 cm³/mol. The van der Waals surface area contributed by atoms with Crippen molar-refractivity contribution in [2.24, 2.45) is 0 Å². The van der Waals surface area contributed by atoms with Crippen LogP contribution in [0.5, 0.6) is 0 Å². The van der Waals surface area contributed by atoms with Gasteiger partial charge in [0, 0.05) is 42.2 Å². The van der Waals surface area contributed by atoms with Crippen LogP contribution in [-0.4, -0.2) is 4.57 Å². The molecule has 10 aromatic rings. The van der Waals surface area contributed by atoms with Crippen LogP contribution in [0.25, 0.3) is 92.2 Å². The van der Waals surface area contributed by atoms with Gasteiger partial charge >= 0.3 is 0 Å². The summed E-state index contributed by atoms with van der Waals surface area (Å²) in [5.74, 6) is 0. The fourth-order valence-corrected chi connectivity index (χ4v) is 9.02. The number of rotatable bonds is 5. The Bertz CT molecular complexity index is 2790. The van der Waals surface area contributed by atoms with E-state index in [1.165, 1.54) is 92.2 Å². The van der Waals surface area contributed by atoms with Crippen LogP contribution in [0.2, 0.25) is 0 Å². The molecule has 0 atom stereocenters. The molecule has 0 radical (unpaired) electrons. The highest BCUT2D eigenvalue weighted by Crippen LogP contribution is 2.47. The molecule has 0 N–H and O–H groups in total. The van der Waals surface area contributed by atoms with Crippen molar-refractivity contribution in [3.8, 4) is 50.2 Å². The van der Waals surface area contributed by atoms with Gasteiger partial charge in [-0.15, -0.1) is 11.3 Å². The molecule has 2 aromatic heterocycles. The van der Waals surface area contributed by atoms with E-state index < -0.39 is 0 Å². The van der Waals surface area contributed by atoms with Crippen molar-refractivity contribution in [1.82, 2.24) is 4.57 Å². The number of aromatic nitrogens is 1. The van der Waals surface area contributed by atoms with Crippen LogP contribution in [0.4, 0.5) is 0 Å². The van der Waals surface area contributed by atoms with Gasteiger partial charge in [-0.1, -0.05) is 146 Å². The van der Waals surface area contributed by atoms with Crippen LogP contribution in [0.1, 0.15) is 0 Å². The first-order chi connectivity index (χ1) is 24.8. The van der Waals surface area contributed by atoms with Crippen molar-refractivity contribution < 1.29 is 0 Å². The molecule has 0 unspecified atom stereocenters. The van der Waals surface area contributed by atoms with Gasteiger partial charge in [0.15, 0.2) is 0 Å². The van der Waals surface area contributed by atoms with Crippen molar-refractivity contribution in [3.63, 3.8) is 0 Å². The van der Waals surface area contributed by atoms with Gasteiger partial charge in [0.05, 0.1) is 11.0 Å². The Labute approximate surface area is 295 Å². The van der Waals surface area contributed by atoms with Crippen LogP contribution in [0, 0.1) is 0 Å². The van der Waals surface area contributed by atoms with E-state index in [-0.39, 0.29) is 0 Å². The highest BCUT2D eigenvalue weighted by atomic mass is 32.1. The van der Waals surface area contributed by atoms with Crippen molar-refractivity contribution in [3.05, 3.63) is 188 Å². The van der Waals surface area contributed by atoms with E-state index >= 15 is 0 Å². The van der Waals surface area contributed by atoms with Gasteiger partial charge in [0.2, 0.25) is 0 Å². The molecule has 0 amide bonds. The Morgan fingerprint density at radius 3 is 1.62 bits per heavy atom. The maximum Gasteiger partial charge on any atom is 0.0619 e. The Hall–Kier alpha value is -6.22. The van der Waals surface area contributed by atoms with Gasteiger partial charge in [-0.2, -0.15) is 0 Å². The summed E-state index contributed by atoms with van der Waals surface area (Å²) >= 11 is 1.90. The van der Waals surface area contributed by atoms with Gasteiger partial charge in [-0.05, 0) is 81.4 Å². The minimum Gasteiger partial charge on any atom is -0.309 e. The lowest BCUT2D eigenvalue weighted by Crippen LogP contribution is -1.95. The molecule has 10 rings (SSSR count). The minimum absolute atomic E-state index is 1.17. The number of hydrogen-bond donors (Lipinski definition) is 0. The molecule has 50 heavy (non-hydrogen) atoms. The molecule has 0 saturated heterocycles. The molecule has 0 aliphatic heterocycles. The second kappa shape index (κ2) is 11.7. The Balaban J connectivity index is 1.24. The second-order valence-corrected chi connectivity index (χ2v) is 13.9. The van der Waals surface area contributed by atoms with Crippen LogP contribution in [0.3, 0.4) is 0 Å². The number of para-hydroxylation sites is 3. The summed E-state index contributed by atoms with van der Waals surface area (Å²) in [5, 5.41) is 5.15. The van der Waals surface area contributed by atoms with Gasteiger partial charge in [0.25, 0.3) is 0 Å². The van der Waals surface area contributed by atoms with Crippen molar-refractivity contribution in [2.45, 2.75) is 0 Å². The highest BCUT2D eigenvalue weighted by Gasteiger charge is 2.20. The largest absolute Gasteiger partial charge is 0.309 e. The maximum absolute atomic E-state index is 2.44. The van der Waals surface area contributed by atoms with Crippen molar-refractivity contribution >= 4 is 53.3 Å². The van der Waals surface area contributed by atoms with E-state index in [0.29, 0.717) is 0 Å². The molecule has 1 nitrogen and oxygen atoms in total. The zero-order valence-corrected chi connectivity index (χ0v) is 28.1. The number of hydrogen-bond acceptors (Lipinski definition) is 1. The highest BCUT2D eigenvalue weighted by molar-refractivity contribution is 7.26. The first-order valence-corrected chi connectivity index (χ1v) is 17.9. The monoisotopic (exact) mass is 653 g/mol. The SMILES string of the molecule is c1ccc(-c2cc(-c3ccccc3)cc(-c3cccc4c3sc3cccc(-c5cccc6c7ccccc7n(-c7ccccc7)c56)c34)c2)cc1. The predicted octanol–water partition coefficient (Wildman–Crippen LogP) is 13.8. The van der Waals surface area contributed by atoms with E-state index in [2.05, 4.69) is 193 Å². The molecule has 0 bridgehead atoms. The van der Waals surface area contributed by atoms with Crippen LogP contribution < -0.4 is 0 Å². The van der Waals surface area contributed by atoms with Gasteiger partial charge in [0.1, 0.15) is 0 Å². The number of fused-ring (bicyclic) bond motifs is 6. The summed E-state index contributed by atoms with van der Waals surface area (Å²) in [7, 11) is 0. The van der Waals surface area contributed by atoms with E-state index in [1.807, 2.05) is 11.3 Å². The third-order valence-corrected chi connectivity index (χ3v) is 11.2. The van der Waals surface area contributed by atoms with Crippen molar-refractivity contribution in [1.29, 1.82) is 0 Å². The number of thiophene rings is 1. The summed E-state index contributed by atoms with van der Waals surface area (Å²) in [6, 6.07) is 68.5. The zero-order valence-electron chi connectivity index (χ0n) is 27.3. The molecular formula is C48H31NS. The summed E-state index contributed by atoms with van der Waals surface area (Å²) in [4.78, 5) is 0. The molecular weight excluding hydrogens is 623 g/mol. The first kappa shape index (κ1) is 28.8. The first-order valence-electron chi connectivity index (χ1n) is 17.1. The minimum atomic E-state index is 1.17. The van der Waals surface area contributed by atoms with Crippen LogP contribution in [-0.2, 0) is 0 Å². The molecule has 2 heteroatoms. The lowest BCUT2D eigenvalue weighted by atomic mass is 9.92. The molecule has 0 fully saturated rings. The fourth-order valence-electron chi connectivity index (χ4n) is 7.76. The standard InChI is InChI=1S/C48H31NS/c1-4-15-32(16-5-1)34-29-35(33-17-6-2-7-18-33)31-36(30-34)38-22-12-26-43-46-40(23-14-28-45(46)50-48(38)43)42-25-13-24-41-39-21-10-11-27-44(39)49(47(41)42)37-19-8-3-9-20-37/h1-31H. The molecule has 0 aliphatic rings. The second-order valence-electron chi connectivity index (χ2n) is 12.9. The molecule has 0 saturated carbocycles. The van der Waals surface area contributed by atoms with Gasteiger partial charge in [-0.25, -0.2) is 0 Å². The van der Waals surface area contributed by atoms with E-state index in [1.54, 1.807) is 0 Å². The van der Waals surface area contributed by atoms with E-state index in [9.17, 15) is 0 Å². The lowest BCUT2D eigenvalue weighted by molar-refractivity contribution is 1.18. The van der Waals surface area contributed by atoms with Crippen molar-refractivity contribution in [2.75, 3.05) is 0 Å². The summed E-state index contributed by atoms with van der Waals surface area (Å²) in [6.45, 7) is 0. The van der Waals surface area contributed by atoms with Gasteiger partial charge in [-0.3, -0.25) is 0 Å². The number of benzene rings is 8. The summed E-state index contributed by atoms with van der Waals surface area (Å²) in [6.07, 6.45) is 0. The van der Waals surface area contributed by atoms with Crippen LogP contribution in [0.15, 0.2) is 188 Å². The number of nitrogens with zero attached hydrogens (tertiary/aromatic N) is 1. The average molecular weight is 654 g/mol. The van der Waals surface area contributed by atoms with Gasteiger partial charge < -0.3 is 4.57 Å². The molecule has 2 heterocycles. The summed E-state index contributed by atoms with van der Waals surface area (Å²) < 4.78 is 5.06. The molecule has 8 aromatic carbocycles. The summed E-state index contributed by atoms with van der Waals surface area (Å²) in [5.41, 5.74) is 13.5. The third-order valence-electron chi connectivity index (χ3n) is 9.98. The zero-order chi connectivity index (χ0) is 33.0. The van der Waals surface area contributed by atoms with E-state index in [0.717, 1.165) is 0 Å².